The van der Waals surface area contributed by atoms with Crippen molar-refractivity contribution in [3.05, 3.63) is 72.7 Å². The molecule has 0 bridgehead atoms. The molecule has 0 aliphatic rings. The van der Waals surface area contributed by atoms with Crippen LogP contribution in [0.1, 0.15) is 25.0 Å². The number of non-ortho nitro benzene ring substituents is 1. The van der Waals surface area contributed by atoms with Crippen LogP contribution < -0.4 is 10.1 Å². The maximum Gasteiger partial charge on any atom is 0.269 e. The van der Waals surface area contributed by atoms with Gasteiger partial charge >= 0.3 is 0 Å². The van der Waals surface area contributed by atoms with E-state index in [1.807, 2.05) is 6.07 Å². The van der Waals surface area contributed by atoms with E-state index >= 15 is 0 Å². The highest BCUT2D eigenvalue weighted by Crippen LogP contribution is 2.35. The number of halogens is 2. The maximum atomic E-state index is 12.0. The van der Waals surface area contributed by atoms with Gasteiger partial charge in [-0.3, -0.25) is 14.9 Å². The Morgan fingerprint density at radius 3 is 2.55 bits per heavy atom. The molecule has 2 aromatic rings. The van der Waals surface area contributed by atoms with E-state index in [0.717, 1.165) is 5.56 Å². The molecule has 29 heavy (non-hydrogen) atoms. The molecular formula is C20H17BrClN3O4. The van der Waals surface area contributed by atoms with Gasteiger partial charge in [-0.05, 0) is 71.2 Å². The molecule has 2 rings (SSSR count). The second-order valence-electron chi connectivity index (χ2n) is 6.32. The normalized spacial score (nSPS) is 11.1. The Morgan fingerprint density at radius 2 is 2.03 bits per heavy atom. The van der Waals surface area contributed by atoms with Crippen molar-refractivity contribution in [1.82, 2.24) is 5.32 Å². The van der Waals surface area contributed by atoms with Crippen LogP contribution in [0.25, 0.3) is 6.08 Å². The molecule has 2 aromatic carbocycles. The van der Waals surface area contributed by atoms with Gasteiger partial charge in [0.15, 0.2) is 5.75 Å². The molecule has 0 aliphatic heterocycles. The average molecular weight is 479 g/mol. The first-order chi connectivity index (χ1) is 13.7. The van der Waals surface area contributed by atoms with Crippen molar-refractivity contribution in [2.24, 2.45) is 0 Å². The van der Waals surface area contributed by atoms with Gasteiger partial charge in [0.05, 0.1) is 14.4 Å². The van der Waals surface area contributed by atoms with Crippen LogP contribution >= 0.6 is 27.5 Å². The summed E-state index contributed by atoms with van der Waals surface area (Å²) in [4.78, 5) is 22.3. The Hall–Kier alpha value is -2.89. The van der Waals surface area contributed by atoms with Crippen LogP contribution in [0.15, 0.2) is 46.4 Å². The number of nitro benzene ring substituents is 1. The highest BCUT2D eigenvalue weighted by molar-refractivity contribution is 9.10. The van der Waals surface area contributed by atoms with E-state index in [4.69, 9.17) is 16.3 Å². The zero-order valence-corrected chi connectivity index (χ0v) is 18.0. The summed E-state index contributed by atoms with van der Waals surface area (Å²) in [6.07, 6.45) is 1.44. The minimum atomic E-state index is -0.471. The Labute approximate surface area is 181 Å². The number of carbonyl (C=O) groups excluding carboxylic acids is 1. The summed E-state index contributed by atoms with van der Waals surface area (Å²) in [5.41, 5.74) is 1.25. The fourth-order valence-corrected chi connectivity index (χ4v) is 3.31. The second kappa shape index (κ2) is 10.0. The number of hydrogen-bond donors (Lipinski definition) is 1. The molecule has 1 amide bonds. The molecule has 0 fully saturated rings. The first kappa shape index (κ1) is 22.4. The van der Waals surface area contributed by atoms with Crippen molar-refractivity contribution in [3.63, 3.8) is 0 Å². The van der Waals surface area contributed by atoms with Gasteiger partial charge in [0.25, 0.3) is 11.6 Å². The van der Waals surface area contributed by atoms with Crippen molar-refractivity contribution in [2.75, 3.05) is 0 Å². The van der Waals surface area contributed by atoms with Gasteiger partial charge in [-0.2, -0.15) is 5.26 Å². The summed E-state index contributed by atoms with van der Waals surface area (Å²) >= 11 is 9.68. The Balaban J connectivity index is 2.18. The summed E-state index contributed by atoms with van der Waals surface area (Å²) < 4.78 is 6.27. The third-order valence-electron chi connectivity index (χ3n) is 3.65. The minimum Gasteiger partial charge on any atom is -0.486 e. The molecule has 0 unspecified atom stereocenters. The number of benzene rings is 2. The lowest BCUT2D eigenvalue weighted by molar-refractivity contribution is -0.384. The van der Waals surface area contributed by atoms with Crippen LogP contribution in [0.2, 0.25) is 5.02 Å². The SMILES string of the molecule is CC(C)NC(=O)/C(C#N)=C\c1cc(Cl)c(OCc2ccc([N+](=O)[O-])cc2)c(Br)c1. The number of nitriles is 1. The fraction of sp³-hybridized carbons (Fsp3) is 0.200. The van der Waals surface area contributed by atoms with Crippen molar-refractivity contribution in [3.8, 4) is 11.8 Å². The standard InChI is InChI=1S/C20H17BrClN3O4/c1-12(2)24-20(26)15(10-23)7-14-8-17(21)19(18(22)9-14)29-11-13-3-5-16(6-4-13)25(27)28/h3-9,12H,11H2,1-2H3,(H,24,26)/b15-7-. The molecule has 0 saturated carbocycles. The fourth-order valence-electron chi connectivity index (χ4n) is 2.33. The minimum absolute atomic E-state index is 0.00102. The third kappa shape index (κ3) is 6.31. The summed E-state index contributed by atoms with van der Waals surface area (Å²) in [7, 11) is 0. The largest absolute Gasteiger partial charge is 0.486 e. The number of ether oxygens (including phenoxy) is 1. The van der Waals surface area contributed by atoms with Crippen LogP contribution in [-0.4, -0.2) is 16.9 Å². The van der Waals surface area contributed by atoms with E-state index in [2.05, 4.69) is 21.2 Å². The van der Waals surface area contributed by atoms with Crippen LogP contribution in [0.5, 0.6) is 5.75 Å². The number of rotatable bonds is 7. The number of carbonyl (C=O) groups is 1. The zero-order valence-electron chi connectivity index (χ0n) is 15.6. The molecule has 0 heterocycles. The predicted octanol–water partition coefficient (Wildman–Crippen LogP) is 5.02. The van der Waals surface area contributed by atoms with Crippen molar-refractivity contribution in [2.45, 2.75) is 26.5 Å². The lowest BCUT2D eigenvalue weighted by Gasteiger charge is -2.12. The number of amides is 1. The van der Waals surface area contributed by atoms with E-state index in [1.165, 1.54) is 18.2 Å². The van der Waals surface area contributed by atoms with Crippen LogP contribution in [0, 0.1) is 21.4 Å². The quantitative estimate of drug-likeness (QED) is 0.260. The topological polar surface area (TPSA) is 105 Å². The molecular weight excluding hydrogens is 462 g/mol. The van der Waals surface area contributed by atoms with Crippen molar-refractivity contribution >= 4 is 45.2 Å². The summed E-state index contributed by atoms with van der Waals surface area (Å²) in [6, 6.07) is 11.0. The molecule has 0 aliphatic carbocycles. The molecule has 150 valence electrons. The molecule has 0 atom stereocenters. The van der Waals surface area contributed by atoms with Gasteiger partial charge in [0, 0.05) is 18.2 Å². The van der Waals surface area contributed by atoms with Crippen LogP contribution in [0.3, 0.4) is 0 Å². The molecule has 0 radical (unpaired) electrons. The van der Waals surface area contributed by atoms with Crippen molar-refractivity contribution < 1.29 is 14.5 Å². The van der Waals surface area contributed by atoms with Gasteiger partial charge in [0.2, 0.25) is 0 Å². The van der Waals surface area contributed by atoms with Gasteiger partial charge < -0.3 is 10.1 Å². The number of hydrogen-bond acceptors (Lipinski definition) is 5. The lowest BCUT2D eigenvalue weighted by atomic mass is 10.1. The average Bonchev–Trinajstić information content (AvgIpc) is 2.65. The number of nitro groups is 1. The van der Waals surface area contributed by atoms with E-state index in [0.29, 0.717) is 15.8 Å². The van der Waals surface area contributed by atoms with E-state index in [1.54, 1.807) is 38.1 Å². The molecule has 0 saturated heterocycles. The summed E-state index contributed by atoms with van der Waals surface area (Å²) in [6.45, 7) is 3.76. The molecule has 1 N–H and O–H groups in total. The molecule has 0 aromatic heterocycles. The lowest BCUT2D eigenvalue weighted by Crippen LogP contribution is -2.30. The monoisotopic (exact) mass is 477 g/mol. The van der Waals surface area contributed by atoms with Gasteiger partial charge in [-0.15, -0.1) is 0 Å². The van der Waals surface area contributed by atoms with Gasteiger partial charge in [-0.25, -0.2) is 0 Å². The zero-order chi connectivity index (χ0) is 21.6. The molecule has 9 heteroatoms. The Bertz CT molecular complexity index is 975. The predicted molar refractivity (Wildman–Crippen MR) is 113 cm³/mol. The third-order valence-corrected chi connectivity index (χ3v) is 4.52. The highest BCUT2D eigenvalue weighted by Gasteiger charge is 2.13. The smallest absolute Gasteiger partial charge is 0.269 e. The molecule has 0 spiro atoms. The number of nitrogens with one attached hydrogen (secondary N) is 1. The van der Waals surface area contributed by atoms with E-state index in [-0.39, 0.29) is 28.9 Å². The first-order valence-corrected chi connectivity index (χ1v) is 9.66. The van der Waals surface area contributed by atoms with Gasteiger partial charge in [0.1, 0.15) is 18.2 Å². The molecule has 7 nitrogen and oxygen atoms in total. The summed E-state index contributed by atoms with van der Waals surface area (Å²) in [5.74, 6) is -0.0828. The van der Waals surface area contributed by atoms with E-state index in [9.17, 15) is 20.2 Å². The maximum absolute atomic E-state index is 12.0. The van der Waals surface area contributed by atoms with Crippen LogP contribution in [0.4, 0.5) is 5.69 Å². The Kier molecular flexibility index (Phi) is 7.76. The Morgan fingerprint density at radius 1 is 1.38 bits per heavy atom. The first-order valence-electron chi connectivity index (χ1n) is 8.49. The van der Waals surface area contributed by atoms with E-state index < -0.39 is 10.8 Å². The van der Waals surface area contributed by atoms with Crippen LogP contribution in [-0.2, 0) is 11.4 Å². The van der Waals surface area contributed by atoms with Crippen molar-refractivity contribution in [1.29, 1.82) is 5.26 Å². The van der Waals surface area contributed by atoms with Gasteiger partial charge in [-0.1, -0.05) is 11.6 Å². The second-order valence-corrected chi connectivity index (χ2v) is 7.59. The number of nitrogens with zero attached hydrogens (tertiary/aromatic N) is 2. The highest BCUT2D eigenvalue weighted by atomic mass is 79.9. The summed E-state index contributed by atoms with van der Waals surface area (Å²) in [5, 5.41) is 22.9.